The number of benzene rings is 1. The number of hydrogen-bond acceptors (Lipinski definition) is 5. The molecule has 3 unspecified atom stereocenters. The number of nitrogens with zero attached hydrogens (tertiary/aromatic N) is 1. The van der Waals surface area contributed by atoms with E-state index in [1.807, 2.05) is 18.2 Å². The highest BCUT2D eigenvalue weighted by molar-refractivity contribution is 5.85. The molecule has 0 aromatic heterocycles. The molecule has 1 heterocycles. The highest BCUT2D eigenvalue weighted by Gasteiger charge is 2.29. The normalized spacial score (nSPS) is 24.0. The fourth-order valence-electron chi connectivity index (χ4n) is 3.85. The zero-order chi connectivity index (χ0) is 17.8. The molecule has 2 aliphatic rings. The van der Waals surface area contributed by atoms with Gasteiger partial charge in [-0.25, -0.2) is 0 Å². The van der Waals surface area contributed by atoms with Crippen molar-refractivity contribution in [1.29, 1.82) is 0 Å². The number of nitrogens with one attached hydrogen (secondary N) is 1. The third kappa shape index (κ3) is 6.06. The number of carbonyl (C=O) groups excluding carboxylic acids is 1. The molecule has 154 valence electrons. The molecule has 1 saturated carbocycles. The lowest BCUT2D eigenvalue weighted by atomic mass is 10.1. The average Bonchev–Trinajstić information content (AvgIpc) is 3.28. The van der Waals surface area contributed by atoms with Crippen LogP contribution in [0.2, 0.25) is 0 Å². The van der Waals surface area contributed by atoms with Crippen LogP contribution in [0.4, 0.5) is 5.69 Å². The zero-order valence-electron chi connectivity index (χ0n) is 16.0. The number of amides is 1. The van der Waals surface area contributed by atoms with E-state index < -0.39 is 0 Å². The Morgan fingerprint density at radius 2 is 1.81 bits per heavy atom. The Hall–Kier alpha value is -1.37. The monoisotopic (exact) mass is 419 g/mol. The minimum absolute atomic E-state index is 0. The molecule has 3 N–H and O–H groups in total. The van der Waals surface area contributed by atoms with Crippen LogP contribution in [0.1, 0.15) is 25.7 Å². The SMILES string of the molecule is COc1cc(OC)cc(N2CCC(CNC(=O)C3CCC(N)C3)C2)c1.Cl.Cl. The standard InChI is InChI=1S/C19H29N3O3.2ClH/c1-24-17-8-16(9-18(10-17)25-2)22-6-5-13(12-22)11-21-19(23)14-3-4-15(20)7-14;;/h8-10,13-15H,3-7,11-12,20H2,1-2H3,(H,21,23);2*1H. The van der Waals surface area contributed by atoms with Crippen LogP contribution in [0.15, 0.2) is 18.2 Å². The molecule has 0 bridgehead atoms. The van der Waals surface area contributed by atoms with Crippen molar-refractivity contribution in [2.24, 2.45) is 17.6 Å². The second-order valence-electron chi connectivity index (χ2n) is 7.19. The van der Waals surface area contributed by atoms with Crippen LogP contribution < -0.4 is 25.4 Å². The van der Waals surface area contributed by atoms with Crippen molar-refractivity contribution in [3.05, 3.63) is 18.2 Å². The first-order chi connectivity index (χ1) is 12.1. The number of nitrogens with two attached hydrogens (primary N) is 1. The molecule has 2 fully saturated rings. The zero-order valence-corrected chi connectivity index (χ0v) is 17.6. The topological polar surface area (TPSA) is 76.8 Å². The summed E-state index contributed by atoms with van der Waals surface area (Å²) in [7, 11) is 3.32. The largest absolute Gasteiger partial charge is 0.497 e. The van der Waals surface area contributed by atoms with Crippen LogP contribution in [-0.4, -0.2) is 45.8 Å². The Bertz CT molecular complexity index is 596. The Labute approximate surface area is 174 Å². The van der Waals surface area contributed by atoms with E-state index >= 15 is 0 Å². The van der Waals surface area contributed by atoms with E-state index in [1.165, 1.54) is 0 Å². The van der Waals surface area contributed by atoms with Crippen molar-refractivity contribution in [1.82, 2.24) is 5.32 Å². The van der Waals surface area contributed by atoms with Gasteiger partial charge in [-0.1, -0.05) is 0 Å². The number of rotatable bonds is 6. The maximum Gasteiger partial charge on any atom is 0.223 e. The summed E-state index contributed by atoms with van der Waals surface area (Å²) in [6.45, 7) is 2.65. The third-order valence-corrected chi connectivity index (χ3v) is 5.40. The predicted molar refractivity (Wildman–Crippen MR) is 113 cm³/mol. The number of ether oxygens (including phenoxy) is 2. The van der Waals surface area contributed by atoms with E-state index in [1.54, 1.807) is 14.2 Å². The lowest BCUT2D eigenvalue weighted by molar-refractivity contribution is -0.125. The van der Waals surface area contributed by atoms with Gasteiger partial charge in [0.2, 0.25) is 5.91 Å². The molecular formula is C19H31Cl2N3O3. The summed E-state index contributed by atoms with van der Waals surface area (Å²) in [5, 5.41) is 3.13. The maximum absolute atomic E-state index is 12.3. The molecule has 27 heavy (non-hydrogen) atoms. The Morgan fingerprint density at radius 3 is 2.37 bits per heavy atom. The number of carbonyl (C=O) groups is 1. The molecule has 1 aliphatic heterocycles. The van der Waals surface area contributed by atoms with Gasteiger partial charge in [-0.15, -0.1) is 24.8 Å². The van der Waals surface area contributed by atoms with Crippen LogP contribution in [-0.2, 0) is 4.79 Å². The van der Waals surface area contributed by atoms with Crippen LogP contribution in [0, 0.1) is 11.8 Å². The minimum atomic E-state index is 0. The molecule has 3 rings (SSSR count). The van der Waals surface area contributed by atoms with Gasteiger partial charge >= 0.3 is 0 Å². The number of halogens is 2. The summed E-state index contributed by atoms with van der Waals surface area (Å²) in [5.74, 6) is 2.34. The van der Waals surface area contributed by atoms with Crippen LogP contribution in [0.25, 0.3) is 0 Å². The van der Waals surface area contributed by atoms with Gasteiger partial charge in [0.15, 0.2) is 0 Å². The quantitative estimate of drug-likeness (QED) is 0.740. The van der Waals surface area contributed by atoms with Gasteiger partial charge < -0.3 is 25.4 Å². The van der Waals surface area contributed by atoms with Gasteiger partial charge in [-0.05, 0) is 31.6 Å². The summed E-state index contributed by atoms with van der Waals surface area (Å²) in [5.41, 5.74) is 7.01. The highest BCUT2D eigenvalue weighted by atomic mass is 35.5. The van der Waals surface area contributed by atoms with E-state index in [4.69, 9.17) is 15.2 Å². The number of hydrogen-bond donors (Lipinski definition) is 2. The van der Waals surface area contributed by atoms with Crippen molar-refractivity contribution in [3.63, 3.8) is 0 Å². The molecule has 0 radical (unpaired) electrons. The van der Waals surface area contributed by atoms with E-state index in [9.17, 15) is 4.79 Å². The lowest BCUT2D eigenvalue weighted by Gasteiger charge is -2.21. The smallest absolute Gasteiger partial charge is 0.223 e. The van der Waals surface area contributed by atoms with Gasteiger partial charge in [0, 0.05) is 55.5 Å². The van der Waals surface area contributed by atoms with E-state index in [0.717, 1.165) is 62.5 Å². The summed E-state index contributed by atoms with van der Waals surface area (Å²) in [6.07, 6.45) is 3.79. The summed E-state index contributed by atoms with van der Waals surface area (Å²) in [6, 6.07) is 6.14. The van der Waals surface area contributed by atoms with Gasteiger partial charge in [0.1, 0.15) is 11.5 Å². The minimum Gasteiger partial charge on any atom is -0.497 e. The first kappa shape index (κ1) is 23.7. The molecule has 1 saturated heterocycles. The van der Waals surface area contributed by atoms with Gasteiger partial charge in [0.25, 0.3) is 0 Å². The molecule has 1 aromatic rings. The van der Waals surface area contributed by atoms with Gasteiger partial charge in [-0.2, -0.15) is 0 Å². The molecule has 6 nitrogen and oxygen atoms in total. The van der Waals surface area contributed by atoms with Crippen LogP contribution >= 0.6 is 24.8 Å². The van der Waals surface area contributed by atoms with Crippen LogP contribution in [0.5, 0.6) is 11.5 Å². The summed E-state index contributed by atoms with van der Waals surface area (Å²) < 4.78 is 10.7. The molecule has 8 heteroatoms. The molecule has 0 spiro atoms. The first-order valence-corrected chi connectivity index (χ1v) is 9.10. The fraction of sp³-hybridized carbons (Fsp3) is 0.632. The van der Waals surface area contributed by atoms with Gasteiger partial charge in [0.05, 0.1) is 14.2 Å². The summed E-state index contributed by atoms with van der Waals surface area (Å²) >= 11 is 0. The molecular weight excluding hydrogens is 389 g/mol. The second-order valence-corrected chi connectivity index (χ2v) is 7.19. The Kier molecular flexibility index (Phi) is 9.50. The molecule has 1 amide bonds. The van der Waals surface area contributed by atoms with Crippen LogP contribution in [0.3, 0.4) is 0 Å². The molecule has 3 atom stereocenters. The van der Waals surface area contributed by atoms with Crippen molar-refractivity contribution in [3.8, 4) is 11.5 Å². The molecule has 1 aromatic carbocycles. The number of methoxy groups -OCH3 is 2. The summed E-state index contributed by atoms with van der Waals surface area (Å²) in [4.78, 5) is 14.6. The van der Waals surface area contributed by atoms with E-state index in [0.29, 0.717) is 5.92 Å². The Balaban J connectivity index is 0.00000182. The second kappa shape index (κ2) is 10.8. The Morgan fingerprint density at radius 1 is 1.15 bits per heavy atom. The van der Waals surface area contributed by atoms with Crippen molar-refractivity contribution < 1.29 is 14.3 Å². The average molecular weight is 420 g/mol. The maximum atomic E-state index is 12.3. The van der Waals surface area contributed by atoms with Crippen molar-refractivity contribution >= 4 is 36.4 Å². The van der Waals surface area contributed by atoms with Crippen molar-refractivity contribution in [2.75, 3.05) is 38.8 Å². The number of anilines is 1. The fourth-order valence-corrected chi connectivity index (χ4v) is 3.85. The van der Waals surface area contributed by atoms with Crippen molar-refractivity contribution in [2.45, 2.75) is 31.7 Å². The first-order valence-electron chi connectivity index (χ1n) is 9.10. The van der Waals surface area contributed by atoms with E-state index in [-0.39, 0.29) is 42.7 Å². The third-order valence-electron chi connectivity index (χ3n) is 5.40. The van der Waals surface area contributed by atoms with E-state index in [2.05, 4.69) is 10.2 Å². The van der Waals surface area contributed by atoms with Gasteiger partial charge in [-0.3, -0.25) is 4.79 Å². The lowest BCUT2D eigenvalue weighted by Crippen LogP contribution is -2.35. The molecule has 1 aliphatic carbocycles. The predicted octanol–water partition coefficient (Wildman–Crippen LogP) is 2.62. The highest BCUT2D eigenvalue weighted by Crippen LogP contribution is 2.31.